The van der Waals surface area contributed by atoms with Gasteiger partial charge >= 0.3 is 6.03 Å². The van der Waals surface area contributed by atoms with Crippen LogP contribution in [0.5, 0.6) is 0 Å². The van der Waals surface area contributed by atoms with E-state index in [1.807, 2.05) is 84.6 Å². The first-order valence-corrected chi connectivity index (χ1v) is 11.7. The number of para-hydroxylation sites is 2. The van der Waals surface area contributed by atoms with Crippen molar-refractivity contribution in [3.63, 3.8) is 0 Å². The summed E-state index contributed by atoms with van der Waals surface area (Å²) in [4.78, 5) is 30.4. The Balaban J connectivity index is 1.56. The van der Waals surface area contributed by atoms with Gasteiger partial charge in [-0.2, -0.15) is 0 Å². The lowest BCUT2D eigenvalue weighted by Crippen LogP contribution is -2.50. The molecule has 2 atom stereocenters. The van der Waals surface area contributed by atoms with Crippen molar-refractivity contribution >= 4 is 23.3 Å². The van der Waals surface area contributed by atoms with Gasteiger partial charge < -0.3 is 10.2 Å². The summed E-state index contributed by atoms with van der Waals surface area (Å²) in [6, 6.07) is 27.4. The Bertz CT molecular complexity index is 1080. The molecule has 0 aliphatic carbocycles. The van der Waals surface area contributed by atoms with Crippen LogP contribution in [0, 0.1) is 0 Å². The molecule has 33 heavy (non-hydrogen) atoms. The molecule has 1 heterocycles. The molecule has 0 aromatic heterocycles. The van der Waals surface area contributed by atoms with E-state index in [0.29, 0.717) is 25.2 Å². The van der Waals surface area contributed by atoms with E-state index in [9.17, 15) is 9.59 Å². The van der Waals surface area contributed by atoms with Crippen LogP contribution in [0.15, 0.2) is 84.9 Å². The number of nitrogens with zero attached hydrogens (tertiary/aromatic N) is 2. The van der Waals surface area contributed by atoms with E-state index in [-0.39, 0.29) is 23.9 Å². The van der Waals surface area contributed by atoms with E-state index in [0.717, 1.165) is 23.2 Å². The molecule has 5 nitrogen and oxygen atoms in total. The van der Waals surface area contributed by atoms with Gasteiger partial charge in [0.05, 0.1) is 23.3 Å². The quantitative estimate of drug-likeness (QED) is 0.474. The largest absolute Gasteiger partial charge is 0.325 e. The van der Waals surface area contributed by atoms with Crippen LogP contribution in [-0.2, 0) is 4.79 Å². The van der Waals surface area contributed by atoms with Crippen molar-refractivity contribution in [1.82, 2.24) is 4.90 Å². The molecule has 5 heteroatoms. The highest BCUT2D eigenvalue weighted by Gasteiger charge is 2.32. The zero-order chi connectivity index (χ0) is 23.2. The van der Waals surface area contributed by atoms with Crippen LogP contribution >= 0.6 is 0 Å². The van der Waals surface area contributed by atoms with Gasteiger partial charge in [0.15, 0.2) is 0 Å². The molecule has 1 N–H and O–H groups in total. The molecule has 0 unspecified atom stereocenters. The number of amides is 3. The van der Waals surface area contributed by atoms with Gasteiger partial charge in [-0.15, -0.1) is 0 Å². The van der Waals surface area contributed by atoms with Gasteiger partial charge in [-0.25, -0.2) is 4.79 Å². The molecule has 0 radical (unpaired) electrons. The minimum Gasteiger partial charge on any atom is -0.324 e. The highest BCUT2D eigenvalue weighted by molar-refractivity contribution is 6.02. The Morgan fingerprint density at radius 1 is 0.879 bits per heavy atom. The van der Waals surface area contributed by atoms with Crippen LogP contribution in [0.3, 0.4) is 0 Å². The fourth-order valence-corrected chi connectivity index (χ4v) is 4.53. The van der Waals surface area contributed by atoms with E-state index < -0.39 is 0 Å². The van der Waals surface area contributed by atoms with Crippen molar-refractivity contribution in [3.05, 3.63) is 96.1 Å². The lowest BCUT2D eigenvalue weighted by molar-refractivity contribution is -0.117. The van der Waals surface area contributed by atoms with Gasteiger partial charge in [0.2, 0.25) is 5.91 Å². The molecule has 1 aliphatic heterocycles. The fraction of sp³-hybridized carbons (Fsp3) is 0.286. The number of hydrogen-bond donors (Lipinski definition) is 1. The molecule has 1 aliphatic rings. The Hall–Kier alpha value is -3.60. The van der Waals surface area contributed by atoms with Crippen LogP contribution in [0.4, 0.5) is 16.2 Å². The molecule has 1 fully saturated rings. The van der Waals surface area contributed by atoms with Crippen LogP contribution in [0.1, 0.15) is 49.8 Å². The summed E-state index contributed by atoms with van der Waals surface area (Å²) in [6.45, 7) is 5.42. The summed E-state index contributed by atoms with van der Waals surface area (Å²) in [5, 5.41) is 3.10. The second-order valence-electron chi connectivity index (χ2n) is 8.45. The average Bonchev–Trinajstić information content (AvgIpc) is 2.86. The number of hydrogen-bond acceptors (Lipinski definition) is 2. The van der Waals surface area contributed by atoms with Crippen molar-refractivity contribution in [2.45, 2.75) is 38.6 Å². The van der Waals surface area contributed by atoms with E-state index in [1.165, 1.54) is 0 Å². The minimum absolute atomic E-state index is 0.0224. The number of benzene rings is 3. The molecule has 3 amide bonds. The Morgan fingerprint density at radius 3 is 2.15 bits per heavy atom. The van der Waals surface area contributed by atoms with Crippen molar-refractivity contribution < 1.29 is 9.59 Å². The summed E-state index contributed by atoms with van der Waals surface area (Å²) in [6.07, 6.45) is 1.57. The molecular formula is C28H31N3O2. The first-order valence-electron chi connectivity index (χ1n) is 11.7. The summed E-state index contributed by atoms with van der Waals surface area (Å²) < 4.78 is 0. The summed E-state index contributed by atoms with van der Waals surface area (Å²) >= 11 is 0. The maximum absolute atomic E-state index is 13.5. The predicted octanol–water partition coefficient (Wildman–Crippen LogP) is 6.21. The lowest BCUT2D eigenvalue weighted by Gasteiger charge is -2.39. The Morgan fingerprint density at radius 2 is 1.48 bits per heavy atom. The van der Waals surface area contributed by atoms with Crippen molar-refractivity contribution in [1.29, 1.82) is 0 Å². The molecule has 4 rings (SSSR count). The van der Waals surface area contributed by atoms with Crippen molar-refractivity contribution in [3.8, 4) is 0 Å². The molecule has 1 saturated heterocycles. The smallest absolute Gasteiger partial charge is 0.324 e. The van der Waals surface area contributed by atoms with Gasteiger partial charge in [-0.05, 0) is 43.0 Å². The molecule has 3 aromatic carbocycles. The Kier molecular flexibility index (Phi) is 7.08. The van der Waals surface area contributed by atoms with Crippen LogP contribution in [-0.4, -0.2) is 29.9 Å². The van der Waals surface area contributed by atoms with Gasteiger partial charge in [0.25, 0.3) is 0 Å². The first-order chi connectivity index (χ1) is 16.1. The summed E-state index contributed by atoms with van der Waals surface area (Å²) in [5.74, 6) is -0.305. The first kappa shape index (κ1) is 22.6. The van der Waals surface area contributed by atoms with Crippen LogP contribution in [0.25, 0.3) is 0 Å². The van der Waals surface area contributed by atoms with Crippen molar-refractivity contribution in [2.24, 2.45) is 0 Å². The molecule has 3 aromatic rings. The molecule has 0 saturated carbocycles. The van der Waals surface area contributed by atoms with Crippen molar-refractivity contribution in [2.75, 3.05) is 23.3 Å². The van der Waals surface area contributed by atoms with Gasteiger partial charge in [0.1, 0.15) is 0 Å². The summed E-state index contributed by atoms with van der Waals surface area (Å²) in [5.41, 5.74) is 3.51. The molecule has 0 spiro atoms. The Labute approximate surface area is 196 Å². The van der Waals surface area contributed by atoms with Gasteiger partial charge in [-0.1, -0.05) is 79.7 Å². The third-order valence-electron chi connectivity index (χ3n) is 6.39. The molecule has 0 bridgehead atoms. The zero-order valence-electron chi connectivity index (χ0n) is 19.3. The zero-order valence-corrected chi connectivity index (χ0v) is 19.3. The molecular weight excluding hydrogens is 410 g/mol. The van der Waals surface area contributed by atoms with Gasteiger partial charge in [0, 0.05) is 13.1 Å². The number of nitrogens with one attached hydrogen (secondary N) is 1. The number of rotatable bonds is 7. The highest BCUT2D eigenvalue weighted by Crippen LogP contribution is 2.33. The number of urea groups is 1. The van der Waals surface area contributed by atoms with Gasteiger partial charge in [-0.3, -0.25) is 9.69 Å². The van der Waals surface area contributed by atoms with E-state index in [2.05, 4.69) is 24.4 Å². The number of carbonyl (C=O) groups is 2. The lowest BCUT2D eigenvalue weighted by atomic mass is 9.95. The number of carbonyl (C=O) groups excluding carboxylic acids is 2. The second-order valence-corrected chi connectivity index (χ2v) is 8.45. The molecule has 170 valence electrons. The topological polar surface area (TPSA) is 52.7 Å². The third-order valence-corrected chi connectivity index (χ3v) is 6.39. The number of anilines is 2. The van der Waals surface area contributed by atoms with E-state index in [4.69, 9.17) is 0 Å². The second kappa shape index (κ2) is 10.3. The fourth-order valence-electron chi connectivity index (χ4n) is 4.53. The van der Waals surface area contributed by atoms with Crippen LogP contribution < -0.4 is 10.2 Å². The maximum Gasteiger partial charge on any atom is 0.325 e. The van der Waals surface area contributed by atoms with E-state index in [1.54, 1.807) is 4.90 Å². The average molecular weight is 442 g/mol. The SMILES string of the molecule is CC[C@H](C(=O)Nc1ccccc1N1CCCN([C@@H](C)c2ccccc2)C1=O)c1ccccc1. The summed E-state index contributed by atoms with van der Waals surface area (Å²) in [7, 11) is 0. The van der Waals surface area contributed by atoms with E-state index >= 15 is 0 Å². The maximum atomic E-state index is 13.5. The normalized spacial score (nSPS) is 15.8. The minimum atomic E-state index is -0.245. The third kappa shape index (κ3) is 4.92. The van der Waals surface area contributed by atoms with Crippen LogP contribution in [0.2, 0.25) is 0 Å². The predicted molar refractivity (Wildman–Crippen MR) is 133 cm³/mol. The highest BCUT2D eigenvalue weighted by atomic mass is 16.2. The monoisotopic (exact) mass is 441 g/mol. The standard InChI is InChI=1S/C28H31N3O2/c1-3-24(23-15-8-5-9-16-23)27(32)29-25-17-10-11-18-26(25)31-20-12-19-30(28(31)33)21(2)22-13-6-4-7-14-22/h4-11,13-18,21,24H,3,12,19-20H2,1-2H3,(H,29,32)/t21-,24-/m0/s1.